The average molecular weight is 337 g/mol. The first kappa shape index (κ1) is 16.1. The molecule has 0 aliphatic carbocycles. The Morgan fingerprint density at radius 1 is 1.16 bits per heavy atom. The number of hydrogen-bond donors (Lipinski definition) is 1. The van der Waals surface area contributed by atoms with Gasteiger partial charge >= 0.3 is 0 Å². The van der Waals surface area contributed by atoms with Crippen molar-refractivity contribution in [1.82, 2.24) is 19.9 Å². The number of hydrogen-bond acceptors (Lipinski definition) is 8. The molecule has 1 N–H and O–H groups in total. The van der Waals surface area contributed by atoms with Crippen LogP contribution in [0.1, 0.15) is 17.3 Å². The molecule has 0 fully saturated rings. The number of ether oxygens (including phenoxy) is 1. The van der Waals surface area contributed by atoms with Gasteiger partial charge in [-0.2, -0.15) is 0 Å². The van der Waals surface area contributed by atoms with Gasteiger partial charge in [0.25, 0.3) is 5.56 Å². The van der Waals surface area contributed by atoms with Crippen molar-refractivity contribution in [3.63, 3.8) is 0 Å². The fourth-order valence-electron chi connectivity index (χ4n) is 2.09. The summed E-state index contributed by atoms with van der Waals surface area (Å²) in [5.41, 5.74) is -0.486. The lowest BCUT2D eigenvalue weighted by Crippen LogP contribution is -2.13. The molecule has 0 aliphatic rings. The predicted molar refractivity (Wildman–Crippen MR) is 87.9 cm³/mol. The van der Waals surface area contributed by atoms with Crippen molar-refractivity contribution < 1.29 is 9.53 Å². The number of carbonyl (C=O) groups excluding carboxylic acids is 1. The Kier molecular flexibility index (Phi) is 4.38. The number of para-hydroxylation sites is 1. The van der Waals surface area contributed by atoms with Crippen LogP contribution in [-0.2, 0) is 0 Å². The molecule has 0 saturated heterocycles. The summed E-state index contributed by atoms with van der Waals surface area (Å²) in [5, 5.41) is 2.74. The van der Waals surface area contributed by atoms with Crippen LogP contribution in [-0.4, -0.2) is 25.7 Å². The van der Waals surface area contributed by atoms with E-state index in [1.807, 2.05) is 0 Å². The number of nitrogens with one attached hydrogen (secondary N) is 1. The molecule has 9 heteroatoms. The number of rotatable bonds is 5. The molecule has 2 aromatic heterocycles. The topological polar surface area (TPSA) is 127 Å². The van der Waals surface area contributed by atoms with Gasteiger partial charge in [0.1, 0.15) is 5.75 Å². The summed E-state index contributed by atoms with van der Waals surface area (Å²) in [6.07, 6.45) is 2.92. The summed E-state index contributed by atoms with van der Waals surface area (Å²) in [5.74, 6) is -0.911. The van der Waals surface area contributed by atoms with Gasteiger partial charge in [0, 0.05) is 12.4 Å². The first-order valence-corrected chi connectivity index (χ1v) is 7.13. The van der Waals surface area contributed by atoms with E-state index in [1.165, 1.54) is 25.4 Å². The van der Waals surface area contributed by atoms with E-state index in [1.54, 1.807) is 24.3 Å². The third kappa shape index (κ3) is 3.29. The smallest absolute Gasteiger partial charge is 0.296 e. The zero-order valence-electron chi connectivity index (χ0n) is 13.0. The summed E-state index contributed by atoms with van der Waals surface area (Å²) in [6, 6.07) is 7.92. The summed E-state index contributed by atoms with van der Waals surface area (Å²) in [4.78, 5) is 49.3. The van der Waals surface area contributed by atoms with Crippen LogP contribution in [0, 0.1) is 4.91 Å². The van der Waals surface area contributed by atoms with Crippen molar-refractivity contribution >= 4 is 11.6 Å². The second kappa shape index (κ2) is 6.79. The third-order valence-corrected chi connectivity index (χ3v) is 3.20. The quantitative estimate of drug-likeness (QED) is 0.560. The van der Waals surface area contributed by atoms with Crippen LogP contribution in [0.2, 0.25) is 0 Å². The number of aromatic amines is 1. The third-order valence-electron chi connectivity index (χ3n) is 3.20. The van der Waals surface area contributed by atoms with Crippen LogP contribution in [0.5, 0.6) is 11.5 Å². The molecule has 0 radical (unpaired) electrons. The molecule has 124 valence electrons. The molecule has 0 unspecified atom stereocenters. The minimum Gasteiger partial charge on any atom is -0.447 e. The first-order chi connectivity index (χ1) is 12.1. The second-order valence-corrected chi connectivity index (χ2v) is 4.89. The van der Waals surface area contributed by atoms with Gasteiger partial charge in [-0.1, -0.05) is 12.1 Å². The van der Waals surface area contributed by atoms with Gasteiger partial charge in [0.2, 0.25) is 11.6 Å². The number of carbonyl (C=O) groups is 1. The largest absolute Gasteiger partial charge is 0.447 e. The standard InChI is InChI=1S/C16H11N5O4/c1-9(22)10-5-2-3-6-11(10)25-12-13(21-24)19-15(20-16(12)23)14-17-7-4-8-18-14/h2-8H,1H3,(H,19,20,23). The van der Waals surface area contributed by atoms with E-state index in [0.717, 1.165) is 0 Å². The highest BCUT2D eigenvalue weighted by atomic mass is 16.5. The number of benzene rings is 1. The number of ketones is 1. The molecule has 3 rings (SSSR count). The van der Waals surface area contributed by atoms with E-state index >= 15 is 0 Å². The molecule has 0 amide bonds. The van der Waals surface area contributed by atoms with Gasteiger partial charge in [-0.05, 0) is 30.3 Å². The van der Waals surface area contributed by atoms with Gasteiger partial charge in [0.05, 0.1) is 5.56 Å². The lowest BCUT2D eigenvalue weighted by Gasteiger charge is -2.09. The number of nitroso groups, excluding NO2 is 1. The summed E-state index contributed by atoms with van der Waals surface area (Å²) in [7, 11) is 0. The minimum atomic E-state index is -0.745. The van der Waals surface area contributed by atoms with Gasteiger partial charge in [-0.15, -0.1) is 4.91 Å². The second-order valence-electron chi connectivity index (χ2n) is 4.89. The highest BCUT2D eigenvalue weighted by Gasteiger charge is 2.19. The SMILES string of the molecule is CC(=O)c1ccccc1Oc1c(N=O)nc(-c2ncccn2)[nH]c1=O. The van der Waals surface area contributed by atoms with Gasteiger partial charge < -0.3 is 9.72 Å². The lowest BCUT2D eigenvalue weighted by molar-refractivity contribution is 0.101. The molecule has 0 saturated carbocycles. The highest BCUT2D eigenvalue weighted by molar-refractivity contribution is 5.96. The monoisotopic (exact) mass is 337 g/mol. The fraction of sp³-hybridized carbons (Fsp3) is 0.0625. The summed E-state index contributed by atoms with van der Waals surface area (Å²) < 4.78 is 5.45. The molecule has 3 aromatic rings. The van der Waals surface area contributed by atoms with Crippen molar-refractivity contribution in [3.8, 4) is 23.1 Å². The van der Waals surface area contributed by atoms with Crippen LogP contribution in [0.25, 0.3) is 11.6 Å². The van der Waals surface area contributed by atoms with Crippen molar-refractivity contribution in [2.45, 2.75) is 6.92 Å². The number of aromatic nitrogens is 4. The van der Waals surface area contributed by atoms with E-state index in [2.05, 4.69) is 25.1 Å². The van der Waals surface area contributed by atoms with Crippen LogP contribution >= 0.6 is 0 Å². The van der Waals surface area contributed by atoms with Crippen molar-refractivity contribution in [2.75, 3.05) is 0 Å². The summed E-state index contributed by atoms with van der Waals surface area (Å²) in [6.45, 7) is 1.36. The average Bonchev–Trinajstić information content (AvgIpc) is 2.64. The number of nitrogens with zero attached hydrogens (tertiary/aromatic N) is 4. The molecule has 1 aromatic carbocycles. The predicted octanol–water partition coefficient (Wildman–Crippen LogP) is 2.62. The Hall–Kier alpha value is -3.75. The summed E-state index contributed by atoms with van der Waals surface area (Å²) >= 11 is 0. The molecule has 0 atom stereocenters. The molecule has 2 heterocycles. The molecule has 9 nitrogen and oxygen atoms in total. The Balaban J connectivity index is 2.08. The molecule has 0 aliphatic heterocycles. The van der Waals surface area contributed by atoms with Crippen LogP contribution in [0.15, 0.2) is 52.7 Å². The van der Waals surface area contributed by atoms with E-state index in [0.29, 0.717) is 0 Å². The van der Waals surface area contributed by atoms with Crippen molar-refractivity contribution in [2.24, 2.45) is 5.18 Å². The van der Waals surface area contributed by atoms with Crippen molar-refractivity contribution in [1.29, 1.82) is 0 Å². The van der Waals surface area contributed by atoms with E-state index in [-0.39, 0.29) is 28.7 Å². The maximum absolute atomic E-state index is 12.3. The maximum Gasteiger partial charge on any atom is 0.296 e. The number of Topliss-reactive ketones (excluding diaryl/α,β-unsaturated/α-hetero) is 1. The molecular formula is C16H11N5O4. The van der Waals surface area contributed by atoms with Crippen molar-refractivity contribution in [3.05, 3.63) is 63.5 Å². The minimum absolute atomic E-state index is 0.0209. The Morgan fingerprint density at radius 2 is 1.88 bits per heavy atom. The molecule has 25 heavy (non-hydrogen) atoms. The first-order valence-electron chi connectivity index (χ1n) is 7.13. The normalized spacial score (nSPS) is 10.3. The highest BCUT2D eigenvalue weighted by Crippen LogP contribution is 2.29. The van der Waals surface area contributed by atoms with Gasteiger partial charge in [-0.3, -0.25) is 9.59 Å². The maximum atomic E-state index is 12.3. The molecule has 0 bridgehead atoms. The lowest BCUT2D eigenvalue weighted by atomic mass is 10.1. The zero-order chi connectivity index (χ0) is 17.8. The zero-order valence-corrected chi connectivity index (χ0v) is 13.0. The Bertz CT molecular complexity index is 1000. The van der Waals surface area contributed by atoms with E-state index in [4.69, 9.17) is 4.74 Å². The van der Waals surface area contributed by atoms with Crippen LogP contribution in [0.4, 0.5) is 5.82 Å². The van der Waals surface area contributed by atoms with E-state index < -0.39 is 17.1 Å². The van der Waals surface area contributed by atoms with Gasteiger partial charge in [0.15, 0.2) is 17.4 Å². The Morgan fingerprint density at radius 3 is 2.56 bits per heavy atom. The van der Waals surface area contributed by atoms with Gasteiger partial charge in [-0.25, -0.2) is 15.0 Å². The van der Waals surface area contributed by atoms with E-state index in [9.17, 15) is 14.5 Å². The fourth-order valence-corrected chi connectivity index (χ4v) is 2.09. The van der Waals surface area contributed by atoms with Crippen LogP contribution < -0.4 is 10.3 Å². The van der Waals surface area contributed by atoms with Crippen LogP contribution in [0.3, 0.4) is 0 Å². The molecule has 0 spiro atoms. The molecular weight excluding hydrogens is 326 g/mol. The number of H-pyrrole nitrogens is 1. The Labute approximate surface area is 140 Å².